The molecule has 2 aromatic heterocycles. The average molecular weight is 444 g/mol. The minimum Gasteiger partial charge on any atom is -0.378 e. The maximum atomic E-state index is 13.5. The number of benzene rings is 2. The largest absolute Gasteiger partial charge is 0.378 e. The molecule has 8 heteroatoms. The third kappa shape index (κ3) is 4.17. The fraction of sp³-hybridized carbons (Fsp3) is 0.280. The Bertz CT molecular complexity index is 1340. The second-order valence-corrected chi connectivity index (χ2v) is 8.12. The number of aromatic nitrogens is 4. The van der Waals surface area contributed by atoms with Crippen LogP contribution >= 0.6 is 0 Å². The number of carbonyl (C=O) groups excluding carboxylic acids is 1. The lowest BCUT2D eigenvalue weighted by Gasteiger charge is -2.27. The summed E-state index contributed by atoms with van der Waals surface area (Å²) in [7, 11) is 0. The van der Waals surface area contributed by atoms with Gasteiger partial charge in [0.05, 0.1) is 26.2 Å². The molecular weight excluding hydrogens is 418 g/mol. The molecule has 1 fully saturated rings. The topological polar surface area (TPSA) is 81.7 Å². The molecule has 0 unspecified atom stereocenters. The van der Waals surface area contributed by atoms with Crippen LogP contribution in [-0.2, 0) is 22.5 Å². The molecule has 168 valence electrons. The Kier molecular flexibility index (Phi) is 5.75. The normalized spacial score (nSPS) is 14.0. The molecule has 0 atom stereocenters. The summed E-state index contributed by atoms with van der Waals surface area (Å²) >= 11 is 0. The number of hydrogen-bond acceptors (Lipinski definition) is 5. The lowest BCUT2D eigenvalue weighted by atomic mass is 10.1. The monoisotopic (exact) mass is 443 g/mol. The van der Waals surface area contributed by atoms with Gasteiger partial charge in [-0.25, -0.2) is 0 Å². The SMILES string of the molecule is Cc1c(CC(=O)N2CCOCC2)c(=O)n2nc(-c3ccccc3)nc2n1Cc1ccccc1. The Morgan fingerprint density at radius 1 is 1.00 bits per heavy atom. The van der Waals surface area contributed by atoms with Gasteiger partial charge in [0.25, 0.3) is 5.56 Å². The summed E-state index contributed by atoms with van der Waals surface area (Å²) in [6.45, 7) is 4.52. The van der Waals surface area contributed by atoms with Crippen LogP contribution in [0.5, 0.6) is 0 Å². The number of fused-ring (bicyclic) bond motifs is 1. The summed E-state index contributed by atoms with van der Waals surface area (Å²) in [5.41, 5.74) is 2.77. The zero-order chi connectivity index (χ0) is 22.8. The Hall–Kier alpha value is -3.78. The molecule has 5 rings (SSSR count). The first kappa shape index (κ1) is 21.1. The molecule has 0 aliphatic carbocycles. The highest BCUT2D eigenvalue weighted by molar-refractivity contribution is 5.79. The molecule has 2 aromatic carbocycles. The van der Waals surface area contributed by atoms with Crippen LogP contribution in [0.15, 0.2) is 65.5 Å². The molecule has 0 saturated carbocycles. The standard InChI is InChI=1S/C25H25N5O3/c1-18-21(16-22(31)28-12-14-33-15-13-28)24(32)30-25(29(18)17-19-8-4-2-5-9-19)26-23(27-30)20-10-6-3-7-11-20/h2-11H,12-17H2,1H3. The lowest BCUT2D eigenvalue weighted by molar-refractivity contribution is -0.134. The van der Waals surface area contributed by atoms with Gasteiger partial charge in [-0.2, -0.15) is 9.50 Å². The van der Waals surface area contributed by atoms with Gasteiger partial charge in [0.2, 0.25) is 11.7 Å². The molecule has 1 aliphatic heterocycles. The van der Waals surface area contributed by atoms with Crippen LogP contribution in [0.25, 0.3) is 17.2 Å². The number of nitrogens with zero attached hydrogens (tertiary/aromatic N) is 5. The highest BCUT2D eigenvalue weighted by atomic mass is 16.5. The molecule has 0 bridgehead atoms. The molecule has 0 radical (unpaired) electrons. The molecular formula is C25H25N5O3. The third-order valence-corrected chi connectivity index (χ3v) is 6.03. The van der Waals surface area contributed by atoms with E-state index < -0.39 is 0 Å². The van der Waals surface area contributed by atoms with Crippen molar-refractivity contribution in [1.82, 2.24) is 24.1 Å². The van der Waals surface area contributed by atoms with Crippen LogP contribution in [0.3, 0.4) is 0 Å². The average Bonchev–Trinajstić information content (AvgIpc) is 3.32. The van der Waals surface area contributed by atoms with E-state index in [2.05, 4.69) is 5.10 Å². The number of hydrogen-bond donors (Lipinski definition) is 0. The Balaban J connectivity index is 1.63. The van der Waals surface area contributed by atoms with Crippen LogP contribution in [0.4, 0.5) is 0 Å². The second kappa shape index (κ2) is 8.99. The van der Waals surface area contributed by atoms with E-state index >= 15 is 0 Å². The summed E-state index contributed by atoms with van der Waals surface area (Å²) in [6.07, 6.45) is 0.0237. The number of rotatable bonds is 5. The number of amides is 1. The van der Waals surface area contributed by atoms with Crippen molar-refractivity contribution in [2.75, 3.05) is 26.3 Å². The van der Waals surface area contributed by atoms with Gasteiger partial charge in [-0.05, 0) is 12.5 Å². The van der Waals surface area contributed by atoms with E-state index in [9.17, 15) is 9.59 Å². The quantitative estimate of drug-likeness (QED) is 0.473. The molecule has 1 saturated heterocycles. The van der Waals surface area contributed by atoms with Crippen molar-refractivity contribution < 1.29 is 9.53 Å². The van der Waals surface area contributed by atoms with Gasteiger partial charge in [-0.3, -0.25) is 9.59 Å². The smallest absolute Gasteiger partial charge is 0.279 e. The maximum absolute atomic E-state index is 13.5. The van der Waals surface area contributed by atoms with Gasteiger partial charge in [0, 0.05) is 29.9 Å². The summed E-state index contributed by atoms with van der Waals surface area (Å²) in [4.78, 5) is 32.9. The van der Waals surface area contributed by atoms with E-state index in [1.807, 2.05) is 72.2 Å². The molecule has 33 heavy (non-hydrogen) atoms. The first-order valence-corrected chi connectivity index (χ1v) is 11.1. The van der Waals surface area contributed by atoms with E-state index in [1.54, 1.807) is 4.90 Å². The third-order valence-electron chi connectivity index (χ3n) is 6.03. The summed E-state index contributed by atoms with van der Waals surface area (Å²) in [6, 6.07) is 19.6. The highest BCUT2D eigenvalue weighted by Gasteiger charge is 2.23. The fourth-order valence-corrected chi connectivity index (χ4v) is 4.15. The van der Waals surface area contributed by atoms with Gasteiger partial charge in [0.15, 0.2) is 5.82 Å². The Morgan fingerprint density at radius 3 is 2.36 bits per heavy atom. The van der Waals surface area contributed by atoms with Gasteiger partial charge in [-0.15, -0.1) is 5.10 Å². The van der Waals surface area contributed by atoms with Crippen molar-refractivity contribution >= 4 is 11.7 Å². The zero-order valence-electron chi connectivity index (χ0n) is 18.5. The van der Waals surface area contributed by atoms with E-state index in [-0.39, 0.29) is 17.9 Å². The maximum Gasteiger partial charge on any atom is 0.279 e. The van der Waals surface area contributed by atoms with Crippen molar-refractivity contribution in [2.45, 2.75) is 19.9 Å². The molecule has 8 nitrogen and oxygen atoms in total. The van der Waals surface area contributed by atoms with Gasteiger partial charge in [0.1, 0.15) is 0 Å². The predicted octanol–water partition coefficient (Wildman–Crippen LogP) is 2.32. The number of morpholine rings is 1. The van der Waals surface area contributed by atoms with Crippen molar-refractivity contribution in [3.05, 3.63) is 87.8 Å². The van der Waals surface area contributed by atoms with Crippen molar-refractivity contribution in [2.24, 2.45) is 0 Å². The first-order chi connectivity index (χ1) is 16.1. The molecule has 4 aromatic rings. The lowest BCUT2D eigenvalue weighted by Crippen LogP contribution is -2.42. The minimum absolute atomic E-state index is 0.0237. The van der Waals surface area contributed by atoms with Crippen molar-refractivity contribution in [1.29, 1.82) is 0 Å². The molecule has 0 N–H and O–H groups in total. The van der Waals surface area contributed by atoms with Crippen LogP contribution < -0.4 is 5.56 Å². The summed E-state index contributed by atoms with van der Waals surface area (Å²) in [5, 5.41) is 4.53. The van der Waals surface area contributed by atoms with Crippen LogP contribution in [-0.4, -0.2) is 56.3 Å². The Labute approximate surface area is 191 Å². The molecule has 3 heterocycles. The van der Waals surface area contributed by atoms with Gasteiger partial charge in [-0.1, -0.05) is 60.7 Å². The first-order valence-electron chi connectivity index (χ1n) is 11.1. The molecule has 0 spiro atoms. The van der Waals surface area contributed by atoms with E-state index in [4.69, 9.17) is 9.72 Å². The van der Waals surface area contributed by atoms with Crippen LogP contribution in [0.1, 0.15) is 16.8 Å². The highest BCUT2D eigenvalue weighted by Crippen LogP contribution is 2.18. The number of carbonyl (C=O) groups is 1. The van der Waals surface area contributed by atoms with Crippen LogP contribution in [0, 0.1) is 6.92 Å². The number of ether oxygens (including phenoxy) is 1. The zero-order valence-corrected chi connectivity index (χ0v) is 18.5. The van der Waals surface area contributed by atoms with Gasteiger partial charge < -0.3 is 14.2 Å². The van der Waals surface area contributed by atoms with E-state index in [1.165, 1.54) is 4.52 Å². The van der Waals surface area contributed by atoms with E-state index in [0.717, 1.165) is 16.8 Å². The minimum atomic E-state index is -0.303. The van der Waals surface area contributed by atoms with Gasteiger partial charge >= 0.3 is 0 Å². The predicted molar refractivity (Wildman–Crippen MR) is 124 cm³/mol. The molecule has 1 amide bonds. The van der Waals surface area contributed by atoms with Crippen molar-refractivity contribution in [3.63, 3.8) is 0 Å². The Morgan fingerprint density at radius 2 is 1.67 bits per heavy atom. The van der Waals surface area contributed by atoms with E-state index in [0.29, 0.717) is 50.0 Å². The van der Waals surface area contributed by atoms with Crippen molar-refractivity contribution in [3.8, 4) is 11.4 Å². The summed E-state index contributed by atoms with van der Waals surface area (Å²) < 4.78 is 8.66. The molecule has 1 aliphatic rings. The summed E-state index contributed by atoms with van der Waals surface area (Å²) in [5.74, 6) is 0.862. The second-order valence-electron chi connectivity index (χ2n) is 8.12. The fourth-order valence-electron chi connectivity index (χ4n) is 4.15. The van der Waals surface area contributed by atoms with Crippen LogP contribution in [0.2, 0.25) is 0 Å².